The predicted molar refractivity (Wildman–Crippen MR) is 56.8 cm³/mol. The minimum atomic E-state index is 0.345. The summed E-state index contributed by atoms with van der Waals surface area (Å²) in [6, 6.07) is 0. The Bertz CT molecular complexity index is 388. The summed E-state index contributed by atoms with van der Waals surface area (Å²) in [5, 5.41) is 0. The summed E-state index contributed by atoms with van der Waals surface area (Å²) in [7, 11) is 0. The summed E-state index contributed by atoms with van der Waals surface area (Å²) >= 11 is 0. The van der Waals surface area contributed by atoms with Crippen molar-refractivity contribution >= 4 is 5.78 Å². The van der Waals surface area contributed by atoms with E-state index in [0.29, 0.717) is 24.7 Å². The molecule has 15 heavy (non-hydrogen) atoms. The molecule has 1 aromatic rings. The number of Topliss-reactive ketones (excluding diaryl/α,β-unsaturated/α-hetero) is 1. The quantitative estimate of drug-likeness (QED) is 0.701. The average Bonchev–Trinajstić information content (AvgIpc) is 2.84. The number of rotatable bonds is 1. The lowest BCUT2D eigenvalue weighted by Crippen LogP contribution is -2.18. The highest BCUT2D eigenvalue weighted by molar-refractivity contribution is 5.79. The third kappa shape index (κ3) is 1.60. The second-order valence-electron chi connectivity index (χ2n) is 4.73. The third-order valence-electron chi connectivity index (χ3n) is 3.63. The molecule has 3 rings (SSSR count). The standard InChI is InChI=1S/C12H16N2O/c15-10-5-6-12-13-11(8-14(12)7-10)9-3-1-2-4-9/h8-9H,1-7H2. The molecule has 1 aliphatic carbocycles. The molecule has 0 atom stereocenters. The molecule has 1 aliphatic heterocycles. The van der Waals surface area contributed by atoms with Crippen molar-refractivity contribution in [3.05, 3.63) is 17.7 Å². The molecule has 0 saturated heterocycles. The van der Waals surface area contributed by atoms with Gasteiger partial charge in [-0.3, -0.25) is 4.79 Å². The Morgan fingerprint density at radius 1 is 1.27 bits per heavy atom. The van der Waals surface area contributed by atoms with Crippen molar-refractivity contribution in [1.82, 2.24) is 9.55 Å². The second kappa shape index (κ2) is 3.47. The SMILES string of the molecule is O=C1CCc2nc(C3CCCC3)cn2C1. The van der Waals surface area contributed by atoms with Crippen molar-refractivity contribution in [3.63, 3.8) is 0 Å². The molecule has 2 heterocycles. The minimum absolute atomic E-state index is 0.345. The largest absolute Gasteiger partial charge is 0.327 e. The van der Waals surface area contributed by atoms with E-state index in [-0.39, 0.29) is 0 Å². The Kier molecular flexibility index (Phi) is 2.11. The molecule has 1 fully saturated rings. The molecule has 0 amide bonds. The lowest BCUT2D eigenvalue weighted by molar-refractivity contribution is -0.120. The van der Waals surface area contributed by atoms with Crippen LogP contribution in [0.3, 0.4) is 0 Å². The van der Waals surface area contributed by atoms with E-state index in [1.165, 1.54) is 31.4 Å². The van der Waals surface area contributed by atoms with Crippen molar-refractivity contribution in [2.45, 2.75) is 51.0 Å². The van der Waals surface area contributed by atoms with Crippen LogP contribution in [-0.4, -0.2) is 15.3 Å². The zero-order chi connectivity index (χ0) is 10.3. The summed E-state index contributed by atoms with van der Waals surface area (Å²) in [6.07, 6.45) is 8.88. The molecular weight excluding hydrogens is 188 g/mol. The topological polar surface area (TPSA) is 34.9 Å². The molecule has 1 aromatic heterocycles. The molecule has 80 valence electrons. The smallest absolute Gasteiger partial charge is 0.153 e. The van der Waals surface area contributed by atoms with Crippen LogP contribution < -0.4 is 0 Å². The normalized spacial score (nSPS) is 22.0. The fourth-order valence-electron chi connectivity index (χ4n) is 2.75. The fourth-order valence-corrected chi connectivity index (χ4v) is 2.75. The van der Waals surface area contributed by atoms with Crippen LogP contribution in [0.25, 0.3) is 0 Å². The van der Waals surface area contributed by atoms with Gasteiger partial charge in [0, 0.05) is 25.0 Å². The summed E-state index contributed by atoms with van der Waals surface area (Å²) in [4.78, 5) is 16.0. The molecule has 0 bridgehead atoms. The number of carbonyl (C=O) groups is 1. The summed E-state index contributed by atoms with van der Waals surface area (Å²) in [5.74, 6) is 2.13. The van der Waals surface area contributed by atoms with Gasteiger partial charge in [-0.2, -0.15) is 0 Å². The Morgan fingerprint density at radius 2 is 2.07 bits per heavy atom. The van der Waals surface area contributed by atoms with Crippen LogP contribution in [-0.2, 0) is 17.8 Å². The van der Waals surface area contributed by atoms with E-state index in [1.807, 2.05) is 0 Å². The van der Waals surface area contributed by atoms with Crippen molar-refractivity contribution < 1.29 is 4.79 Å². The van der Waals surface area contributed by atoms with Crippen molar-refractivity contribution in [2.24, 2.45) is 0 Å². The fraction of sp³-hybridized carbons (Fsp3) is 0.667. The molecule has 2 aliphatic rings. The molecule has 0 spiro atoms. The first-order valence-corrected chi connectivity index (χ1v) is 5.90. The van der Waals surface area contributed by atoms with Gasteiger partial charge in [0.25, 0.3) is 0 Å². The van der Waals surface area contributed by atoms with E-state index in [4.69, 9.17) is 0 Å². The van der Waals surface area contributed by atoms with Gasteiger partial charge in [-0.05, 0) is 12.8 Å². The lowest BCUT2D eigenvalue weighted by Gasteiger charge is -2.11. The predicted octanol–water partition coefficient (Wildman–Crippen LogP) is 2.06. The molecule has 0 unspecified atom stereocenters. The number of carbonyl (C=O) groups excluding carboxylic acids is 1. The summed E-state index contributed by atoms with van der Waals surface area (Å²) < 4.78 is 2.06. The van der Waals surface area contributed by atoms with Crippen molar-refractivity contribution in [2.75, 3.05) is 0 Å². The zero-order valence-electron chi connectivity index (χ0n) is 8.91. The minimum Gasteiger partial charge on any atom is -0.327 e. The van der Waals surface area contributed by atoms with Crippen LogP contribution in [0.5, 0.6) is 0 Å². The van der Waals surface area contributed by atoms with E-state index < -0.39 is 0 Å². The number of imidazole rings is 1. The number of ketones is 1. The van der Waals surface area contributed by atoms with Gasteiger partial charge in [-0.25, -0.2) is 4.98 Å². The first-order chi connectivity index (χ1) is 7.33. The maximum atomic E-state index is 11.3. The first kappa shape index (κ1) is 9.13. The Balaban J connectivity index is 1.88. The van der Waals surface area contributed by atoms with Crippen molar-refractivity contribution in [3.8, 4) is 0 Å². The second-order valence-corrected chi connectivity index (χ2v) is 4.73. The highest BCUT2D eigenvalue weighted by Gasteiger charge is 2.23. The monoisotopic (exact) mass is 204 g/mol. The highest BCUT2D eigenvalue weighted by Crippen LogP contribution is 2.33. The van der Waals surface area contributed by atoms with Crippen LogP contribution >= 0.6 is 0 Å². The maximum Gasteiger partial charge on any atom is 0.153 e. The summed E-state index contributed by atoms with van der Waals surface area (Å²) in [6.45, 7) is 0.551. The van der Waals surface area contributed by atoms with E-state index in [2.05, 4.69) is 15.7 Å². The Morgan fingerprint density at radius 3 is 2.87 bits per heavy atom. The van der Waals surface area contributed by atoms with E-state index in [0.717, 1.165) is 12.2 Å². The lowest BCUT2D eigenvalue weighted by atomic mass is 10.1. The number of aryl methyl sites for hydroxylation is 1. The van der Waals surface area contributed by atoms with Crippen LogP contribution in [0.2, 0.25) is 0 Å². The van der Waals surface area contributed by atoms with Gasteiger partial charge in [-0.15, -0.1) is 0 Å². The number of nitrogens with zero attached hydrogens (tertiary/aromatic N) is 2. The average molecular weight is 204 g/mol. The van der Waals surface area contributed by atoms with Crippen molar-refractivity contribution in [1.29, 1.82) is 0 Å². The zero-order valence-corrected chi connectivity index (χ0v) is 8.91. The van der Waals surface area contributed by atoms with E-state index in [1.54, 1.807) is 0 Å². The number of hydrogen-bond donors (Lipinski definition) is 0. The molecule has 0 radical (unpaired) electrons. The van der Waals surface area contributed by atoms with Gasteiger partial charge in [0.15, 0.2) is 5.78 Å². The van der Waals surface area contributed by atoms with Crippen LogP contribution in [0, 0.1) is 0 Å². The molecular formula is C12H16N2O. The van der Waals surface area contributed by atoms with Crippen LogP contribution in [0.4, 0.5) is 0 Å². The van der Waals surface area contributed by atoms with Gasteiger partial charge < -0.3 is 4.57 Å². The maximum absolute atomic E-state index is 11.3. The van der Waals surface area contributed by atoms with Gasteiger partial charge in [0.2, 0.25) is 0 Å². The molecule has 0 N–H and O–H groups in total. The van der Waals surface area contributed by atoms with Gasteiger partial charge in [0.05, 0.1) is 12.2 Å². The van der Waals surface area contributed by atoms with Gasteiger partial charge >= 0.3 is 0 Å². The van der Waals surface area contributed by atoms with Gasteiger partial charge in [-0.1, -0.05) is 12.8 Å². The van der Waals surface area contributed by atoms with E-state index in [9.17, 15) is 4.79 Å². The Labute approximate surface area is 89.5 Å². The molecule has 1 saturated carbocycles. The molecule has 0 aromatic carbocycles. The van der Waals surface area contributed by atoms with Crippen LogP contribution in [0.1, 0.15) is 49.5 Å². The number of fused-ring (bicyclic) bond motifs is 1. The highest BCUT2D eigenvalue weighted by atomic mass is 16.1. The summed E-state index contributed by atoms with van der Waals surface area (Å²) in [5.41, 5.74) is 1.23. The van der Waals surface area contributed by atoms with E-state index >= 15 is 0 Å². The first-order valence-electron chi connectivity index (χ1n) is 5.90. The van der Waals surface area contributed by atoms with Gasteiger partial charge in [0.1, 0.15) is 5.82 Å². The number of aromatic nitrogens is 2. The molecule has 3 nitrogen and oxygen atoms in total. The number of hydrogen-bond acceptors (Lipinski definition) is 2. The Hall–Kier alpha value is -1.12. The molecule has 3 heteroatoms. The van der Waals surface area contributed by atoms with Crippen LogP contribution in [0.15, 0.2) is 6.20 Å². The third-order valence-corrected chi connectivity index (χ3v) is 3.63.